The molecule has 1 aromatic heterocycles. The predicted molar refractivity (Wildman–Crippen MR) is 84.8 cm³/mol. The third-order valence-electron chi connectivity index (χ3n) is 4.30. The van der Waals surface area contributed by atoms with Gasteiger partial charge >= 0.3 is 16.4 Å². The van der Waals surface area contributed by atoms with Crippen molar-refractivity contribution in [2.75, 3.05) is 6.54 Å². The molecule has 11 nitrogen and oxygen atoms in total. The van der Waals surface area contributed by atoms with Crippen molar-refractivity contribution in [1.29, 1.82) is 0 Å². The first kappa shape index (κ1) is 16.5. The van der Waals surface area contributed by atoms with Gasteiger partial charge < -0.3 is 10.6 Å². The maximum absolute atomic E-state index is 12.5. The zero-order valence-electron chi connectivity index (χ0n) is 13.1. The first-order valence-electron chi connectivity index (χ1n) is 7.47. The fraction of sp³-hybridized carbons (Fsp3) is 0.214. The van der Waals surface area contributed by atoms with Crippen LogP contribution in [0, 0.1) is 0 Å². The van der Waals surface area contributed by atoms with Crippen LogP contribution < -0.4 is 5.73 Å². The zero-order valence-corrected chi connectivity index (χ0v) is 13.9. The van der Waals surface area contributed by atoms with Gasteiger partial charge in [0.25, 0.3) is 0 Å². The van der Waals surface area contributed by atoms with E-state index >= 15 is 0 Å². The fourth-order valence-electron chi connectivity index (χ4n) is 3.34. The number of nitrogens with two attached hydrogens (primary N) is 1. The predicted octanol–water partition coefficient (Wildman–Crippen LogP) is -0.0746. The minimum atomic E-state index is -4.93. The van der Waals surface area contributed by atoms with Gasteiger partial charge in [0, 0.05) is 5.56 Å². The van der Waals surface area contributed by atoms with Crippen LogP contribution in [0.1, 0.15) is 23.3 Å². The molecule has 136 valence electrons. The standard InChI is InChI=1S/C14H13N5O6S/c15-13(20)12-11-9(6-16-18(11)8-4-2-1-3-5-8)10-7-17(12)14(21)19(10)25-26(22,23)24/h1-6,10,12H,7H2,(H2,15,20)(H,22,23,24)/t10-,12?/m1/s1. The smallest absolute Gasteiger partial charge is 0.368 e. The van der Waals surface area contributed by atoms with Crippen molar-refractivity contribution in [1.82, 2.24) is 19.7 Å². The van der Waals surface area contributed by atoms with Crippen LogP contribution in [0.5, 0.6) is 0 Å². The molecule has 1 unspecified atom stereocenters. The van der Waals surface area contributed by atoms with E-state index in [9.17, 15) is 18.0 Å². The lowest BCUT2D eigenvalue weighted by Gasteiger charge is -2.29. The quantitative estimate of drug-likeness (QED) is 0.706. The van der Waals surface area contributed by atoms with E-state index in [2.05, 4.69) is 9.38 Å². The molecule has 1 saturated heterocycles. The van der Waals surface area contributed by atoms with Crippen molar-refractivity contribution < 1.29 is 26.8 Å². The number of nitrogens with zero attached hydrogens (tertiary/aromatic N) is 4. The summed E-state index contributed by atoms with van der Waals surface area (Å²) in [7, 11) is -4.93. The van der Waals surface area contributed by atoms with Crippen molar-refractivity contribution in [3.8, 4) is 5.69 Å². The molecule has 2 atom stereocenters. The molecule has 0 aliphatic carbocycles. The summed E-state index contributed by atoms with van der Waals surface area (Å²) in [6.07, 6.45) is 1.42. The van der Waals surface area contributed by atoms with E-state index in [1.54, 1.807) is 24.3 Å². The van der Waals surface area contributed by atoms with Crippen LogP contribution in [0.4, 0.5) is 4.79 Å². The highest BCUT2D eigenvalue weighted by Crippen LogP contribution is 2.44. The van der Waals surface area contributed by atoms with E-state index in [1.807, 2.05) is 6.07 Å². The third kappa shape index (κ3) is 2.42. The van der Waals surface area contributed by atoms with E-state index in [0.29, 0.717) is 22.0 Å². The van der Waals surface area contributed by atoms with Gasteiger partial charge in [-0.2, -0.15) is 18.6 Å². The minimum absolute atomic E-state index is 0.0323. The van der Waals surface area contributed by atoms with Crippen LogP contribution in [0.3, 0.4) is 0 Å². The van der Waals surface area contributed by atoms with Crippen molar-refractivity contribution in [2.45, 2.75) is 12.1 Å². The molecule has 3 N–H and O–H groups in total. The molecule has 2 aliphatic heterocycles. The second-order valence-corrected chi connectivity index (χ2v) is 6.82. The Morgan fingerprint density at radius 1 is 1.31 bits per heavy atom. The lowest BCUT2D eigenvalue weighted by molar-refractivity contribution is -0.122. The third-order valence-corrected chi connectivity index (χ3v) is 4.65. The largest absolute Gasteiger partial charge is 0.418 e. The van der Waals surface area contributed by atoms with E-state index < -0.39 is 34.4 Å². The summed E-state index contributed by atoms with van der Waals surface area (Å²) in [5, 5.41) is 4.76. The Morgan fingerprint density at radius 2 is 2.00 bits per heavy atom. The molecule has 0 saturated carbocycles. The van der Waals surface area contributed by atoms with Gasteiger partial charge in [-0.15, -0.1) is 4.28 Å². The molecule has 0 radical (unpaired) electrons. The van der Waals surface area contributed by atoms with Gasteiger partial charge in [0.15, 0.2) is 6.04 Å². The second kappa shape index (κ2) is 5.52. The van der Waals surface area contributed by atoms with Gasteiger partial charge in [-0.1, -0.05) is 18.2 Å². The molecular formula is C14H13N5O6S. The van der Waals surface area contributed by atoms with Crippen molar-refractivity contribution in [2.24, 2.45) is 5.73 Å². The number of aromatic nitrogens is 2. The lowest BCUT2D eigenvalue weighted by atomic mass is 9.97. The summed E-state index contributed by atoms with van der Waals surface area (Å²) in [4.78, 5) is 25.7. The number of primary amides is 1. The number of urea groups is 1. The van der Waals surface area contributed by atoms with Gasteiger partial charge in [0.05, 0.1) is 24.1 Å². The Balaban J connectivity index is 1.88. The molecule has 2 aromatic rings. The summed E-state index contributed by atoms with van der Waals surface area (Å²) in [6, 6.07) is 5.95. The van der Waals surface area contributed by atoms with Crippen LogP contribution >= 0.6 is 0 Å². The molecular weight excluding hydrogens is 366 g/mol. The first-order valence-corrected chi connectivity index (χ1v) is 8.84. The topological polar surface area (TPSA) is 148 Å². The van der Waals surface area contributed by atoms with E-state index in [-0.39, 0.29) is 6.54 Å². The highest BCUT2D eigenvalue weighted by Gasteiger charge is 2.53. The highest BCUT2D eigenvalue weighted by atomic mass is 32.3. The first-order chi connectivity index (χ1) is 12.3. The van der Waals surface area contributed by atoms with Crippen LogP contribution in [-0.2, 0) is 19.5 Å². The molecule has 3 amide bonds. The molecule has 3 heterocycles. The van der Waals surface area contributed by atoms with E-state index in [1.165, 1.54) is 10.9 Å². The minimum Gasteiger partial charge on any atom is -0.368 e. The summed E-state index contributed by atoms with van der Waals surface area (Å²) in [5.74, 6) is -0.801. The molecule has 12 heteroatoms. The van der Waals surface area contributed by atoms with E-state index in [4.69, 9.17) is 10.3 Å². The number of hydroxylamine groups is 2. The number of rotatable bonds is 4. The van der Waals surface area contributed by atoms with Crippen LogP contribution in [-0.4, -0.2) is 51.2 Å². The number of hydrogen-bond donors (Lipinski definition) is 2. The Kier molecular flexibility index (Phi) is 3.50. The van der Waals surface area contributed by atoms with Gasteiger partial charge in [-0.25, -0.2) is 9.48 Å². The Morgan fingerprint density at radius 3 is 2.62 bits per heavy atom. The fourth-order valence-corrected chi connectivity index (χ4v) is 3.71. The molecule has 1 fully saturated rings. The molecule has 1 aromatic carbocycles. The number of benzene rings is 1. The summed E-state index contributed by atoms with van der Waals surface area (Å²) < 4.78 is 37.0. The number of hydrogen-bond acceptors (Lipinski definition) is 6. The van der Waals surface area contributed by atoms with Gasteiger partial charge in [0.1, 0.15) is 6.04 Å². The van der Waals surface area contributed by atoms with Gasteiger partial charge in [0.2, 0.25) is 5.91 Å². The monoisotopic (exact) mass is 379 g/mol. The molecule has 0 spiro atoms. The van der Waals surface area contributed by atoms with Crippen molar-refractivity contribution >= 4 is 22.3 Å². The highest BCUT2D eigenvalue weighted by molar-refractivity contribution is 7.80. The molecule has 26 heavy (non-hydrogen) atoms. The molecule has 2 bridgehead atoms. The average Bonchev–Trinajstić information content (AvgIpc) is 3.11. The Hall–Kier alpha value is -2.96. The maximum atomic E-state index is 12.5. The normalized spacial score (nSPS) is 21.8. The number of carbonyl (C=O) groups excluding carboxylic acids is 2. The molecule has 4 rings (SSSR count). The number of amides is 3. The van der Waals surface area contributed by atoms with Crippen molar-refractivity contribution in [3.63, 3.8) is 0 Å². The van der Waals surface area contributed by atoms with Crippen LogP contribution in [0.2, 0.25) is 0 Å². The van der Waals surface area contributed by atoms with Crippen LogP contribution in [0.15, 0.2) is 36.5 Å². The average molecular weight is 379 g/mol. The second-order valence-electron chi connectivity index (χ2n) is 5.82. The van der Waals surface area contributed by atoms with Gasteiger partial charge in [-0.05, 0) is 12.1 Å². The summed E-state index contributed by atoms with van der Waals surface area (Å²) in [5.41, 5.74) is 6.89. The Bertz CT molecular complexity index is 1000. The Labute approximate surface area is 147 Å². The summed E-state index contributed by atoms with van der Waals surface area (Å²) in [6.45, 7) is -0.0323. The number of para-hydroxylation sites is 1. The zero-order chi connectivity index (χ0) is 18.6. The van der Waals surface area contributed by atoms with Gasteiger partial charge in [-0.3, -0.25) is 9.35 Å². The lowest BCUT2D eigenvalue weighted by Crippen LogP contribution is -2.42. The molecule has 2 aliphatic rings. The number of carbonyl (C=O) groups is 2. The summed E-state index contributed by atoms with van der Waals surface area (Å²) >= 11 is 0. The maximum Gasteiger partial charge on any atom is 0.418 e. The SMILES string of the molecule is NC(=O)C1c2c(cnn2-c2ccccc2)[C@H]2CN1C(=O)N2OS(=O)(=O)O. The van der Waals surface area contributed by atoms with Crippen LogP contribution in [0.25, 0.3) is 5.69 Å². The van der Waals surface area contributed by atoms with E-state index in [0.717, 1.165) is 4.90 Å². The number of fused-ring (bicyclic) bond motifs is 4. The van der Waals surface area contributed by atoms with Crippen molar-refractivity contribution in [3.05, 3.63) is 47.8 Å².